The van der Waals surface area contributed by atoms with E-state index in [1.165, 1.54) is 22.3 Å². The molecular formula is C17H20BrN. The van der Waals surface area contributed by atoms with Crippen molar-refractivity contribution < 1.29 is 0 Å². The van der Waals surface area contributed by atoms with Crippen molar-refractivity contribution in [2.45, 2.75) is 38.4 Å². The zero-order chi connectivity index (χ0) is 14.0. The van der Waals surface area contributed by atoms with Gasteiger partial charge in [-0.25, -0.2) is 0 Å². The van der Waals surface area contributed by atoms with Crippen LogP contribution < -0.4 is 0 Å². The molecule has 2 rings (SSSR count). The SMILES string of the molecule is Cc1cc(C)c(C(Br)C(C)c2ccccn2)c(C)c1. The van der Waals surface area contributed by atoms with E-state index < -0.39 is 0 Å². The fourth-order valence-electron chi connectivity index (χ4n) is 2.67. The van der Waals surface area contributed by atoms with Gasteiger partial charge in [0.25, 0.3) is 0 Å². The lowest BCUT2D eigenvalue weighted by atomic mass is 9.90. The minimum atomic E-state index is 0.294. The summed E-state index contributed by atoms with van der Waals surface area (Å²) in [5.41, 5.74) is 6.54. The molecule has 2 atom stereocenters. The Morgan fingerprint density at radius 1 is 1.05 bits per heavy atom. The number of pyridine rings is 1. The fraction of sp³-hybridized carbons (Fsp3) is 0.353. The largest absolute Gasteiger partial charge is 0.261 e. The first kappa shape index (κ1) is 14.3. The van der Waals surface area contributed by atoms with Crippen LogP contribution in [0.1, 0.15) is 45.6 Å². The van der Waals surface area contributed by atoms with Crippen LogP contribution in [0, 0.1) is 20.8 Å². The van der Waals surface area contributed by atoms with Crippen LogP contribution in [0.25, 0.3) is 0 Å². The van der Waals surface area contributed by atoms with Gasteiger partial charge in [-0.15, -0.1) is 0 Å². The molecule has 1 aromatic heterocycles. The first-order valence-corrected chi connectivity index (χ1v) is 7.55. The molecule has 1 nitrogen and oxygen atoms in total. The molecule has 1 aromatic carbocycles. The van der Waals surface area contributed by atoms with Gasteiger partial charge in [0, 0.05) is 22.6 Å². The zero-order valence-corrected chi connectivity index (χ0v) is 13.5. The van der Waals surface area contributed by atoms with Gasteiger partial charge in [-0.1, -0.05) is 46.6 Å². The third kappa shape index (κ3) is 3.06. The van der Waals surface area contributed by atoms with E-state index in [2.05, 4.69) is 66.8 Å². The van der Waals surface area contributed by atoms with Crippen molar-refractivity contribution in [1.29, 1.82) is 0 Å². The van der Waals surface area contributed by atoms with Crippen molar-refractivity contribution in [2.75, 3.05) is 0 Å². The van der Waals surface area contributed by atoms with Gasteiger partial charge in [-0.05, 0) is 49.6 Å². The molecule has 0 saturated heterocycles. The van der Waals surface area contributed by atoms with Crippen LogP contribution in [-0.4, -0.2) is 4.98 Å². The van der Waals surface area contributed by atoms with Crippen molar-refractivity contribution in [3.8, 4) is 0 Å². The van der Waals surface area contributed by atoms with E-state index in [4.69, 9.17) is 0 Å². The number of hydrogen-bond donors (Lipinski definition) is 0. The van der Waals surface area contributed by atoms with Crippen LogP contribution in [0.15, 0.2) is 36.5 Å². The lowest BCUT2D eigenvalue weighted by molar-refractivity contribution is 0.717. The van der Waals surface area contributed by atoms with Crippen LogP contribution >= 0.6 is 15.9 Å². The quantitative estimate of drug-likeness (QED) is 0.705. The molecule has 19 heavy (non-hydrogen) atoms. The third-order valence-electron chi connectivity index (χ3n) is 3.61. The van der Waals surface area contributed by atoms with Crippen molar-refractivity contribution in [3.63, 3.8) is 0 Å². The highest BCUT2D eigenvalue weighted by Gasteiger charge is 2.22. The van der Waals surface area contributed by atoms with Crippen molar-refractivity contribution in [1.82, 2.24) is 4.98 Å². The minimum Gasteiger partial charge on any atom is -0.261 e. The molecule has 1 heterocycles. The van der Waals surface area contributed by atoms with Gasteiger partial charge in [-0.3, -0.25) is 4.98 Å². The molecule has 2 aromatic rings. The van der Waals surface area contributed by atoms with Crippen molar-refractivity contribution >= 4 is 15.9 Å². The maximum atomic E-state index is 4.47. The number of benzene rings is 1. The third-order valence-corrected chi connectivity index (χ3v) is 4.86. The van der Waals surface area contributed by atoms with E-state index in [-0.39, 0.29) is 0 Å². The zero-order valence-electron chi connectivity index (χ0n) is 11.9. The molecule has 0 aliphatic carbocycles. The van der Waals surface area contributed by atoms with E-state index in [9.17, 15) is 0 Å². The van der Waals surface area contributed by atoms with E-state index in [0.717, 1.165) is 5.69 Å². The van der Waals surface area contributed by atoms with Crippen LogP contribution in [0.2, 0.25) is 0 Å². The highest BCUT2D eigenvalue weighted by atomic mass is 79.9. The molecule has 0 spiro atoms. The van der Waals surface area contributed by atoms with E-state index in [1.54, 1.807) is 0 Å². The Labute approximate surface area is 124 Å². The fourth-order valence-corrected chi connectivity index (χ4v) is 3.66. The maximum absolute atomic E-state index is 4.47. The lowest BCUT2D eigenvalue weighted by Gasteiger charge is -2.22. The Bertz CT molecular complexity index is 540. The molecular weight excluding hydrogens is 298 g/mol. The molecule has 0 bridgehead atoms. The summed E-state index contributed by atoms with van der Waals surface area (Å²) >= 11 is 3.87. The Morgan fingerprint density at radius 2 is 1.68 bits per heavy atom. The molecule has 0 radical (unpaired) electrons. The molecule has 0 N–H and O–H groups in total. The van der Waals surface area contributed by atoms with E-state index >= 15 is 0 Å². The topological polar surface area (TPSA) is 12.9 Å². The summed E-state index contributed by atoms with van der Waals surface area (Å²) in [5.74, 6) is 0.348. The number of alkyl halides is 1. The number of rotatable bonds is 3. The average molecular weight is 318 g/mol. The molecule has 0 aliphatic rings. The maximum Gasteiger partial charge on any atom is 0.0481 e. The lowest BCUT2D eigenvalue weighted by Crippen LogP contribution is -2.07. The molecule has 0 amide bonds. The Morgan fingerprint density at radius 3 is 2.21 bits per heavy atom. The summed E-state index contributed by atoms with van der Waals surface area (Å²) in [7, 11) is 0. The smallest absolute Gasteiger partial charge is 0.0481 e. The first-order chi connectivity index (χ1) is 9.00. The molecule has 2 unspecified atom stereocenters. The number of hydrogen-bond acceptors (Lipinski definition) is 1. The van der Waals surface area contributed by atoms with Crippen molar-refractivity contribution in [2.24, 2.45) is 0 Å². The summed E-state index contributed by atoms with van der Waals surface area (Å²) < 4.78 is 0. The number of nitrogens with zero attached hydrogens (tertiary/aromatic N) is 1. The van der Waals surface area contributed by atoms with Gasteiger partial charge in [0.1, 0.15) is 0 Å². The normalized spacial score (nSPS) is 14.2. The van der Waals surface area contributed by atoms with Crippen LogP contribution in [0.4, 0.5) is 0 Å². The van der Waals surface area contributed by atoms with Gasteiger partial charge in [-0.2, -0.15) is 0 Å². The predicted octanol–water partition coefficient (Wildman–Crippen LogP) is 5.25. The standard InChI is InChI=1S/C17H20BrN/c1-11-9-12(2)16(13(3)10-11)17(18)14(4)15-7-5-6-8-19-15/h5-10,14,17H,1-4H3. The van der Waals surface area contributed by atoms with Crippen LogP contribution in [0.5, 0.6) is 0 Å². The summed E-state index contributed by atoms with van der Waals surface area (Å²) in [6.45, 7) is 8.75. The Hall–Kier alpha value is -1.15. The summed E-state index contributed by atoms with van der Waals surface area (Å²) in [5, 5.41) is 0. The molecule has 0 fully saturated rings. The molecule has 100 valence electrons. The molecule has 0 saturated carbocycles. The Balaban J connectivity index is 2.37. The second kappa shape index (κ2) is 5.87. The number of aromatic nitrogens is 1. The number of aryl methyl sites for hydroxylation is 3. The molecule has 2 heteroatoms. The summed E-state index contributed by atoms with van der Waals surface area (Å²) in [6, 6.07) is 10.6. The predicted molar refractivity (Wildman–Crippen MR) is 85.0 cm³/mol. The second-order valence-corrected chi connectivity index (χ2v) is 6.24. The monoisotopic (exact) mass is 317 g/mol. The highest BCUT2D eigenvalue weighted by Crippen LogP contribution is 2.40. The number of halogens is 1. The average Bonchev–Trinajstić information content (AvgIpc) is 2.37. The second-order valence-electron chi connectivity index (χ2n) is 5.26. The summed E-state index contributed by atoms with van der Waals surface area (Å²) in [4.78, 5) is 4.77. The van der Waals surface area contributed by atoms with Gasteiger partial charge in [0.15, 0.2) is 0 Å². The molecule has 0 aliphatic heterocycles. The summed E-state index contributed by atoms with van der Waals surface area (Å²) in [6.07, 6.45) is 1.86. The highest BCUT2D eigenvalue weighted by molar-refractivity contribution is 9.09. The Kier molecular flexibility index (Phi) is 4.41. The van der Waals surface area contributed by atoms with Crippen LogP contribution in [0.3, 0.4) is 0 Å². The van der Waals surface area contributed by atoms with E-state index in [0.29, 0.717) is 10.7 Å². The van der Waals surface area contributed by atoms with E-state index in [1.807, 2.05) is 18.3 Å². The van der Waals surface area contributed by atoms with Gasteiger partial charge in [0.05, 0.1) is 0 Å². The van der Waals surface area contributed by atoms with Gasteiger partial charge < -0.3 is 0 Å². The van der Waals surface area contributed by atoms with Crippen molar-refractivity contribution in [3.05, 3.63) is 64.5 Å². The van der Waals surface area contributed by atoms with Gasteiger partial charge >= 0.3 is 0 Å². The minimum absolute atomic E-state index is 0.294. The first-order valence-electron chi connectivity index (χ1n) is 6.63. The van der Waals surface area contributed by atoms with Gasteiger partial charge in [0.2, 0.25) is 0 Å². The van der Waals surface area contributed by atoms with Crippen LogP contribution in [-0.2, 0) is 0 Å².